The molecule has 0 fully saturated rings. The van der Waals surface area contributed by atoms with Gasteiger partial charge in [0.25, 0.3) is 5.91 Å². The van der Waals surface area contributed by atoms with Crippen LogP contribution in [0.3, 0.4) is 0 Å². The number of nitrogens with one attached hydrogen (secondary N) is 1. The third-order valence-corrected chi connectivity index (χ3v) is 4.16. The first-order chi connectivity index (χ1) is 11.6. The van der Waals surface area contributed by atoms with Gasteiger partial charge in [-0.15, -0.1) is 0 Å². The molecule has 1 amide bonds. The first kappa shape index (κ1) is 16.1. The Morgan fingerprint density at radius 3 is 2.29 bits per heavy atom. The highest BCUT2D eigenvalue weighted by Crippen LogP contribution is 2.22. The fourth-order valence-electron chi connectivity index (χ4n) is 2.14. The Morgan fingerprint density at radius 2 is 1.62 bits per heavy atom. The highest BCUT2D eigenvalue weighted by atomic mass is 79.9. The third-order valence-electron chi connectivity index (χ3n) is 3.47. The lowest BCUT2D eigenvalue weighted by Crippen LogP contribution is -2.16. The van der Waals surface area contributed by atoms with Crippen molar-refractivity contribution >= 4 is 39.2 Å². The summed E-state index contributed by atoms with van der Waals surface area (Å²) < 4.78 is 0.819. The average molecular weight is 383 g/mol. The summed E-state index contributed by atoms with van der Waals surface area (Å²) in [6, 6.07) is 17.2. The summed E-state index contributed by atoms with van der Waals surface area (Å²) >= 11 is 3.40. The van der Waals surface area contributed by atoms with Crippen LogP contribution in [0.25, 0.3) is 0 Å². The first-order valence-corrected chi connectivity index (χ1v) is 8.11. The molecule has 5 nitrogen and oxygen atoms in total. The number of benzene rings is 2. The lowest BCUT2D eigenvalue weighted by molar-refractivity contribution is 0.102. The Labute approximate surface area is 148 Å². The van der Waals surface area contributed by atoms with E-state index in [1.165, 1.54) is 12.4 Å². The van der Waals surface area contributed by atoms with Crippen molar-refractivity contribution in [3.05, 3.63) is 77.0 Å². The van der Waals surface area contributed by atoms with E-state index in [4.69, 9.17) is 0 Å². The third kappa shape index (κ3) is 3.60. The minimum absolute atomic E-state index is 0.254. The molecule has 3 rings (SSSR count). The zero-order valence-electron chi connectivity index (χ0n) is 13.0. The van der Waals surface area contributed by atoms with E-state index in [0.29, 0.717) is 17.2 Å². The van der Waals surface area contributed by atoms with Gasteiger partial charge in [0.1, 0.15) is 0 Å². The molecule has 0 atom stereocenters. The van der Waals surface area contributed by atoms with Gasteiger partial charge in [-0.25, -0.2) is 9.97 Å². The summed E-state index contributed by atoms with van der Waals surface area (Å²) in [5.74, 6) is 0.273. The molecule has 3 aromatic rings. The zero-order chi connectivity index (χ0) is 16.9. The van der Waals surface area contributed by atoms with Crippen molar-refractivity contribution in [3.63, 3.8) is 0 Å². The smallest absolute Gasteiger partial charge is 0.258 e. The monoisotopic (exact) mass is 382 g/mol. The molecule has 0 aliphatic carbocycles. The van der Waals surface area contributed by atoms with Crippen molar-refractivity contribution in [3.8, 4) is 0 Å². The Morgan fingerprint density at radius 1 is 1.00 bits per heavy atom. The predicted octanol–water partition coefficient (Wildman–Crippen LogP) is 4.26. The number of halogens is 1. The molecular formula is C18H15BrN4O. The number of amides is 1. The van der Waals surface area contributed by atoms with Crippen LogP contribution in [0, 0.1) is 0 Å². The van der Waals surface area contributed by atoms with Crippen LogP contribution in [0.4, 0.5) is 17.3 Å². The SMILES string of the molecule is CN(c1ccccc1)c1ncc(C(=O)Nc2ccccc2Br)cn1. The van der Waals surface area contributed by atoms with E-state index >= 15 is 0 Å². The molecular weight excluding hydrogens is 368 g/mol. The van der Waals surface area contributed by atoms with Crippen LogP contribution in [-0.4, -0.2) is 22.9 Å². The number of aromatic nitrogens is 2. The maximum Gasteiger partial charge on any atom is 0.258 e. The number of hydrogen-bond donors (Lipinski definition) is 1. The van der Waals surface area contributed by atoms with Gasteiger partial charge in [-0.1, -0.05) is 30.3 Å². The summed E-state index contributed by atoms with van der Waals surface area (Å²) in [6.07, 6.45) is 3.04. The minimum Gasteiger partial charge on any atom is -0.321 e. The average Bonchev–Trinajstić information content (AvgIpc) is 2.64. The summed E-state index contributed by atoms with van der Waals surface area (Å²) in [5, 5.41) is 2.83. The Bertz CT molecular complexity index is 837. The number of para-hydroxylation sites is 2. The largest absolute Gasteiger partial charge is 0.321 e. The maximum atomic E-state index is 12.3. The molecule has 0 aliphatic heterocycles. The van der Waals surface area contributed by atoms with Gasteiger partial charge in [0.15, 0.2) is 0 Å². The number of nitrogens with zero attached hydrogens (tertiary/aromatic N) is 3. The molecule has 0 aliphatic rings. The second kappa shape index (κ2) is 7.23. The van der Waals surface area contributed by atoms with Gasteiger partial charge in [0.2, 0.25) is 5.95 Å². The van der Waals surface area contributed by atoms with Gasteiger partial charge >= 0.3 is 0 Å². The molecule has 0 unspecified atom stereocenters. The molecule has 0 radical (unpaired) electrons. The van der Waals surface area contributed by atoms with Crippen molar-refractivity contribution < 1.29 is 4.79 Å². The van der Waals surface area contributed by atoms with Crippen LogP contribution in [-0.2, 0) is 0 Å². The molecule has 0 saturated carbocycles. The van der Waals surface area contributed by atoms with Crippen LogP contribution in [0.5, 0.6) is 0 Å². The molecule has 2 aromatic carbocycles. The zero-order valence-corrected chi connectivity index (χ0v) is 14.6. The summed E-state index contributed by atoms with van der Waals surface area (Å²) in [6.45, 7) is 0. The molecule has 120 valence electrons. The fraction of sp³-hybridized carbons (Fsp3) is 0.0556. The number of carbonyl (C=O) groups is 1. The minimum atomic E-state index is -0.254. The van der Waals surface area contributed by atoms with Gasteiger partial charge in [0.05, 0.1) is 11.3 Å². The normalized spacial score (nSPS) is 10.2. The molecule has 0 saturated heterocycles. The quantitative estimate of drug-likeness (QED) is 0.732. The summed E-state index contributed by atoms with van der Waals surface area (Å²) in [4.78, 5) is 22.7. The maximum absolute atomic E-state index is 12.3. The number of hydrogen-bond acceptors (Lipinski definition) is 4. The topological polar surface area (TPSA) is 58.1 Å². The molecule has 6 heteroatoms. The Hall–Kier alpha value is -2.73. The Kier molecular flexibility index (Phi) is 4.86. The fourth-order valence-corrected chi connectivity index (χ4v) is 2.52. The standard InChI is InChI=1S/C18H15BrN4O/c1-23(14-7-3-2-4-8-14)18-20-11-13(12-21-18)17(24)22-16-10-6-5-9-15(16)19/h2-12H,1H3,(H,22,24). The van der Waals surface area contributed by atoms with Crippen LogP contribution in [0.15, 0.2) is 71.5 Å². The van der Waals surface area contributed by atoms with Crippen LogP contribution < -0.4 is 10.2 Å². The molecule has 1 N–H and O–H groups in total. The van der Waals surface area contributed by atoms with Gasteiger partial charge in [0, 0.05) is 29.6 Å². The second-order valence-electron chi connectivity index (χ2n) is 5.10. The summed E-state index contributed by atoms with van der Waals surface area (Å²) in [7, 11) is 1.88. The van der Waals surface area contributed by atoms with Crippen molar-refractivity contribution in [2.24, 2.45) is 0 Å². The lowest BCUT2D eigenvalue weighted by atomic mass is 10.3. The van der Waals surface area contributed by atoms with Gasteiger partial charge in [-0.05, 0) is 40.2 Å². The van der Waals surface area contributed by atoms with Gasteiger partial charge in [-0.2, -0.15) is 0 Å². The van der Waals surface area contributed by atoms with Gasteiger partial charge < -0.3 is 10.2 Å². The van der Waals surface area contributed by atoms with E-state index in [9.17, 15) is 4.79 Å². The van der Waals surface area contributed by atoms with E-state index < -0.39 is 0 Å². The van der Waals surface area contributed by atoms with Crippen LogP contribution >= 0.6 is 15.9 Å². The molecule has 0 bridgehead atoms. The van der Waals surface area contributed by atoms with Crippen molar-refractivity contribution in [2.75, 3.05) is 17.3 Å². The number of rotatable bonds is 4. The molecule has 24 heavy (non-hydrogen) atoms. The van der Waals surface area contributed by atoms with Crippen molar-refractivity contribution in [1.29, 1.82) is 0 Å². The Balaban J connectivity index is 1.75. The predicted molar refractivity (Wildman–Crippen MR) is 98.6 cm³/mol. The molecule has 1 heterocycles. The lowest BCUT2D eigenvalue weighted by Gasteiger charge is -2.16. The second-order valence-corrected chi connectivity index (χ2v) is 5.95. The van der Waals surface area contributed by atoms with Crippen LogP contribution in [0.2, 0.25) is 0 Å². The van der Waals surface area contributed by atoms with Crippen molar-refractivity contribution in [1.82, 2.24) is 9.97 Å². The summed E-state index contributed by atoms with van der Waals surface area (Å²) in [5.41, 5.74) is 2.08. The van der Waals surface area contributed by atoms with E-state index in [1.54, 1.807) is 0 Å². The van der Waals surface area contributed by atoms with E-state index in [-0.39, 0.29) is 5.91 Å². The van der Waals surface area contributed by atoms with E-state index in [1.807, 2.05) is 66.5 Å². The highest BCUT2D eigenvalue weighted by Gasteiger charge is 2.11. The molecule has 1 aromatic heterocycles. The van der Waals surface area contributed by atoms with E-state index in [0.717, 1.165) is 10.2 Å². The van der Waals surface area contributed by atoms with Crippen molar-refractivity contribution in [2.45, 2.75) is 0 Å². The number of anilines is 3. The highest BCUT2D eigenvalue weighted by molar-refractivity contribution is 9.10. The van der Waals surface area contributed by atoms with Crippen LogP contribution in [0.1, 0.15) is 10.4 Å². The number of carbonyl (C=O) groups excluding carboxylic acids is 1. The van der Waals surface area contributed by atoms with E-state index in [2.05, 4.69) is 31.2 Å². The first-order valence-electron chi connectivity index (χ1n) is 7.32. The van der Waals surface area contributed by atoms with Gasteiger partial charge in [-0.3, -0.25) is 4.79 Å². The molecule has 0 spiro atoms.